The molecule has 0 spiro atoms. The number of hydrogen-bond donors (Lipinski definition) is 3. The molecule has 0 radical (unpaired) electrons. The highest BCUT2D eigenvalue weighted by atomic mass is 32.2. The number of nitrogens with one attached hydrogen (secondary N) is 2. The first kappa shape index (κ1) is 24.2. The lowest BCUT2D eigenvalue weighted by Crippen LogP contribution is -2.29. The Bertz CT molecular complexity index is 1150. The number of ether oxygens (including phenoxy) is 2. The Morgan fingerprint density at radius 1 is 0.939 bits per heavy atom. The first-order valence-electron chi connectivity index (χ1n) is 10.1. The summed E-state index contributed by atoms with van der Waals surface area (Å²) in [6, 6.07) is 18.6. The fraction of sp³-hybridized carbons (Fsp3) is 0.217. The van der Waals surface area contributed by atoms with Gasteiger partial charge in [-0.25, -0.2) is 4.98 Å². The molecule has 2 aromatic carbocycles. The Morgan fingerprint density at radius 2 is 1.58 bits per heavy atom. The Kier molecular flexibility index (Phi) is 8.36. The summed E-state index contributed by atoms with van der Waals surface area (Å²) in [5, 5.41) is 5.47. The van der Waals surface area contributed by atoms with Crippen LogP contribution in [0.15, 0.2) is 66.9 Å². The van der Waals surface area contributed by atoms with Gasteiger partial charge in [0.15, 0.2) is 0 Å². The molecule has 1 heterocycles. The maximum Gasteiger partial charge on any atom is 0.283 e. The van der Waals surface area contributed by atoms with Gasteiger partial charge in [0, 0.05) is 6.54 Å². The molecule has 0 aliphatic rings. The van der Waals surface area contributed by atoms with E-state index in [9.17, 15) is 13.2 Å². The van der Waals surface area contributed by atoms with Gasteiger partial charge in [-0.2, -0.15) is 8.42 Å². The minimum Gasteiger partial charge on any atom is -0.497 e. The fourth-order valence-corrected chi connectivity index (χ4v) is 3.20. The van der Waals surface area contributed by atoms with Crippen LogP contribution in [0, 0.1) is 0 Å². The van der Waals surface area contributed by atoms with Crippen LogP contribution in [0.1, 0.15) is 21.6 Å². The largest absolute Gasteiger partial charge is 0.497 e. The van der Waals surface area contributed by atoms with E-state index in [1.165, 1.54) is 17.8 Å². The van der Waals surface area contributed by atoms with E-state index >= 15 is 0 Å². The third kappa shape index (κ3) is 8.19. The maximum atomic E-state index is 11.8. The summed E-state index contributed by atoms with van der Waals surface area (Å²) in [6.45, 7) is 1.58. The number of nitrogens with zero attached hydrogens (tertiary/aromatic N) is 1. The molecule has 1 amide bonds. The molecule has 1 aromatic heterocycles. The van der Waals surface area contributed by atoms with Crippen molar-refractivity contribution in [3.63, 3.8) is 0 Å². The maximum absolute atomic E-state index is 11.8. The van der Waals surface area contributed by atoms with Crippen LogP contribution in [0.4, 0.5) is 0 Å². The van der Waals surface area contributed by atoms with Crippen LogP contribution in [0.25, 0.3) is 0 Å². The highest BCUT2D eigenvalue weighted by Crippen LogP contribution is 2.21. The first-order chi connectivity index (χ1) is 15.8. The Balaban J connectivity index is 1.43. The molecule has 0 saturated carbocycles. The van der Waals surface area contributed by atoms with Gasteiger partial charge in [0.2, 0.25) is 0 Å². The van der Waals surface area contributed by atoms with E-state index in [0.29, 0.717) is 11.5 Å². The minimum absolute atomic E-state index is 0.00191. The Hall–Kier alpha value is -3.47. The molecule has 0 aliphatic carbocycles. The summed E-state index contributed by atoms with van der Waals surface area (Å²) in [5.74, 6) is 0.285. The smallest absolute Gasteiger partial charge is 0.283 e. The van der Waals surface area contributed by atoms with Crippen LogP contribution in [-0.4, -0.2) is 43.4 Å². The summed E-state index contributed by atoms with van der Waals surface area (Å²) < 4.78 is 40.9. The molecular formula is C23H25N3O6S. The number of carbonyl (C=O) groups excluding carboxylic acids is 1. The fourth-order valence-electron chi connectivity index (χ4n) is 2.89. The number of carbonyl (C=O) groups is 1. The quantitative estimate of drug-likeness (QED) is 0.288. The molecule has 33 heavy (non-hydrogen) atoms. The number of pyridine rings is 1. The van der Waals surface area contributed by atoms with Gasteiger partial charge in [0.25, 0.3) is 16.0 Å². The van der Waals surface area contributed by atoms with Crippen molar-refractivity contribution in [1.82, 2.24) is 15.6 Å². The molecule has 0 fully saturated rings. The Morgan fingerprint density at radius 3 is 2.18 bits per heavy atom. The Labute approximate surface area is 192 Å². The molecule has 3 aromatic rings. The van der Waals surface area contributed by atoms with Gasteiger partial charge in [-0.3, -0.25) is 9.35 Å². The molecule has 0 atom stereocenters. The number of amides is 1. The molecule has 174 valence electrons. The van der Waals surface area contributed by atoms with Crippen molar-refractivity contribution in [3.8, 4) is 17.2 Å². The van der Waals surface area contributed by atoms with Crippen molar-refractivity contribution in [1.29, 1.82) is 0 Å². The second kappa shape index (κ2) is 11.4. The van der Waals surface area contributed by atoms with Crippen LogP contribution >= 0.6 is 0 Å². The van der Waals surface area contributed by atoms with E-state index in [1.54, 1.807) is 13.2 Å². The van der Waals surface area contributed by atoms with Gasteiger partial charge >= 0.3 is 0 Å². The van der Waals surface area contributed by atoms with Crippen LogP contribution in [-0.2, 0) is 23.1 Å². The number of benzene rings is 2. The molecule has 0 aliphatic heterocycles. The predicted molar refractivity (Wildman–Crippen MR) is 123 cm³/mol. The summed E-state index contributed by atoms with van der Waals surface area (Å²) >= 11 is 0. The lowest BCUT2D eigenvalue weighted by molar-refractivity contribution is 0.0954. The van der Waals surface area contributed by atoms with Crippen LogP contribution in [0.2, 0.25) is 0 Å². The summed E-state index contributed by atoms with van der Waals surface area (Å²) in [5.41, 5.74) is 2.35. The van der Waals surface area contributed by atoms with Crippen molar-refractivity contribution in [2.45, 2.75) is 13.0 Å². The highest BCUT2D eigenvalue weighted by Gasteiger charge is 2.11. The van der Waals surface area contributed by atoms with Gasteiger partial charge in [-0.05, 0) is 60.5 Å². The lowest BCUT2D eigenvalue weighted by atomic mass is 10.1. The number of hydrogen-bond acceptors (Lipinski definition) is 7. The molecule has 0 unspecified atom stereocenters. The third-order valence-corrected chi connectivity index (χ3v) is 5.13. The average Bonchev–Trinajstić information content (AvgIpc) is 2.82. The minimum atomic E-state index is -4.30. The van der Waals surface area contributed by atoms with Crippen molar-refractivity contribution < 1.29 is 27.2 Å². The molecular weight excluding hydrogens is 446 g/mol. The zero-order valence-electron chi connectivity index (χ0n) is 18.0. The molecule has 3 N–H and O–H groups in total. The lowest BCUT2D eigenvalue weighted by Gasteiger charge is -2.09. The summed E-state index contributed by atoms with van der Waals surface area (Å²) in [7, 11) is -2.64. The second-order valence-electron chi connectivity index (χ2n) is 7.13. The van der Waals surface area contributed by atoms with Gasteiger partial charge in [-0.15, -0.1) is 0 Å². The van der Waals surface area contributed by atoms with Crippen molar-refractivity contribution in [2.24, 2.45) is 0 Å². The topological polar surface area (TPSA) is 127 Å². The molecule has 0 bridgehead atoms. The third-order valence-electron chi connectivity index (χ3n) is 4.62. The van der Waals surface area contributed by atoms with E-state index in [2.05, 4.69) is 27.8 Å². The van der Waals surface area contributed by atoms with E-state index < -0.39 is 21.9 Å². The van der Waals surface area contributed by atoms with Gasteiger partial charge < -0.3 is 20.1 Å². The molecule has 0 saturated heterocycles. The van der Waals surface area contributed by atoms with Crippen LogP contribution in [0.3, 0.4) is 0 Å². The molecule has 9 nitrogen and oxygen atoms in total. The summed E-state index contributed by atoms with van der Waals surface area (Å²) in [4.78, 5) is 15.8. The van der Waals surface area contributed by atoms with E-state index in [1.807, 2.05) is 36.4 Å². The number of rotatable bonds is 11. The van der Waals surface area contributed by atoms with Gasteiger partial charge in [0.1, 0.15) is 28.8 Å². The van der Waals surface area contributed by atoms with Crippen molar-refractivity contribution in [3.05, 3.63) is 83.7 Å². The van der Waals surface area contributed by atoms with Crippen molar-refractivity contribution >= 4 is 16.0 Å². The van der Waals surface area contributed by atoms with E-state index in [-0.39, 0.29) is 5.69 Å². The SMILES string of the molecule is COc1ccc(CCNCc2ccc(Oc3ccc(C(=O)NCS(=O)(=O)O)nc3)cc2)cc1. The summed E-state index contributed by atoms with van der Waals surface area (Å²) in [6.07, 6.45) is 2.28. The number of aromatic nitrogens is 1. The zero-order chi connectivity index (χ0) is 23.7. The molecule has 10 heteroatoms. The molecule has 3 rings (SSSR count). The van der Waals surface area contributed by atoms with Crippen LogP contribution in [0.5, 0.6) is 17.2 Å². The standard InChI is InChI=1S/C23H25N3O6S/c1-31-19-6-2-17(3-7-19)12-13-24-14-18-4-8-20(9-5-18)32-21-10-11-22(25-15-21)23(27)26-16-33(28,29)30/h2-11,15,24H,12-14,16H2,1H3,(H,26,27)(H,28,29,30). The monoisotopic (exact) mass is 471 g/mol. The highest BCUT2D eigenvalue weighted by molar-refractivity contribution is 7.85. The first-order valence-corrected chi connectivity index (χ1v) is 11.7. The van der Waals surface area contributed by atoms with Gasteiger partial charge in [-0.1, -0.05) is 24.3 Å². The van der Waals surface area contributed by atoms with Gasteiger partial charge in [0.05, 0.1) is 13.3 Å². The number of methoxy groups -OCH3 is 1. The normalized spacial score (nSPS) is 11.1. The second-order valence-corrected chi connectivity index (χ2v) is 8.58. The zero-order valence-corrected chi connectivity index (χ0v) is 18.8. The van der Waals surface area contributed by atoms with Crippen LogP contribution < -0.4 is 20.1 Å². The average molecular weight is 472 g/mol. The van der Waals surface area contributed by atoms with E-state index in [0.717, 1.165) is 30.8 Å². The predicted octanol–water partition coefficient (Wildman–Crippen LogP) is 2.79. The van der Waals surface area contributed by atoms with E-state index in [4.69, 9.17) is 14.0 Å². The van der Waals surface area contributed by atoms with Crippen molar-refractivity contribution in [2.75, 3.05) is 19.5 Å².